The third-order valence-corrected chi connectivity index (χ3v) is 9.04. The number of rotatable bonds is 13. The van der Waals surface area contributed by atoms with Crippen LogP contribution >= 0.6 is 11.8 Å². The first-order valence-corrected chi connectivity index (χ1v) is 15.5. The minimum absolute atomic E-state index is 0.179. The van der Waals surface area contributed by atoms with E-state index in [1.165, 1.54) is 0 Å². The molecular formula is C32H39BN6OS. The zero-order chi connectivity index (χ0) is 28.4. The molecule has 0 bridgehead atoms. The lowest BCUT2D eigenvalue weighted by molar-refractivity contribution is 0.271. The number of nitrogens with one attached hydrogen (secondary N) is 1. The third-order valence-electron chi connectivity index (χ3n) is 7.68. The van der Waals surface area contributed by atoms with Gasteiger partial charge in [0.15, 0.2) is 0 Å². The Hall–Kier alpha value is -3.27. The lowest BCUT2D eigenvalue weighted by Crippen LogP contribution is -2.26. The van der Waals surface area contributed by atoms with Crippen LogP contribution in [0, 0.1) is 0 Å². The van der Waals surface area contributed by atoms with Gasteiger partial charge in [-0.05, 0) is 61.0 Å². The fourth-order valence-electron chi connectivity index (χ4n) is 5.47. The Labute approximate surface area is 248 Å². The van der Waals surface area contributed by atoms with Gasteiger partial charge in [-0.3, -0.25) is 19.9 Å². The summed E-state index contributed by atoms with van der Waals surface area (Å²) in [6.45, 7) is 8.37. The molecule has 2 aliphatic heterocycles. The van der Waals surface area contributed by atoms with Crippen molar-refractivity contribution >= 4 is 30.6 Å². The maximum atomic E-state index is 10.7. The van der Waals surface area contributed by atoms with E-state index >= 15 is 0 Å². The van der Waals surface area contributed by atoms with Crippen LogP contribution in [0.1, 0.15) is 56.0 Å². The van der Waals surface area contributed by atoms with Gasteiger partial charge in [0, 0.05) is 61.7 Å². The van der Waals surface area contributed by atoms with Crippen molar-refractivity contribution in [2.24, 2.45) is 4.99 Å². The molecule has 3 aromatic heterocycles. The molecule has 5 heterocycles. The van der Waals surface area contributed by atoms with Crippen LogP contribution in [-0.2, 0) is 19.5 Å². The summed E-state index contributed by atoms with van der Waals surface area (Å²) in [5.74, 6) is 0.387. The second-order valence-corrected chi connectivity index (χ2v) is 12.1. The van der Waals surface area contributed by atoms with Crippen molar-refractivity contribution in [3.8, 4) is 0 Å². The second kappa shape index (κ2) is 14.6. The van der Waals surface area contributed by atoms with Crippen molar-refractivity contribution in [2.45, 2.75) is 74.5 Å². The van der Waals surface area contributed by atoms with Gasteiger partial charge in [-0.2, -0.15) is 0 Å². The number of allylic oxidation sites excluding steroid dienone is 2. The van der Waals surface area contributed by atoms with Gasteiger partial charge < -0.3 is 10.3 Å². The van der Waals surface area contributed by atoms with Crippen LogP contribution < -0.4 is 5.32 Å². The van der Waals surface area contributed by atoms with Crippen molar-refractivity contribution in [2.75, 3.05) is 11.9 Å². The molecule has 3 aromatic rings. The smallest absolute Gasteiger partial charge is 0.305 e. The highest BCUT2D eigenvalue weighted by molar-refractivity contribution is 8.01. The van der Waals surface area contributed by atoms with Crippen LogP contribution in [-0.4, -0.2) is 49.7 Å². The molecule has 212 valence electrons. The Balaban J connectivity index is 1.18. The zero-order valence-electron chi connectivity index (χ0n) is 23.8. The third kappa shape index (κ3) is 8.38. The van der Waals surface area contributed by atoms with Gasteiger partial charge in [-0.15, -0.1) is 11.8 Å². The van der Waals surface area contributed by atoms with Crippen molar-refractivity contribution in [1.82, 2.24) is 19.9 Å². The Kier molecular flexibility index (Phi) is 10.4. The summed E-state index contributed by atoms with van der Waals surface area (Å²) < 4.78 is 0. The molecule has 1 saturated heterocycles. The number of aliphatic imine (C=N–C) groups is 1. The number of hydrogen-bond donors (Lipinski definition) is 2. The number of pyridine rings is 3. The molecule has 1 fully saturated rings. The SMILES string of the molecule is C=C(Cc1ccc(CN(CC2=CCCC=N2)Cc2ccccn2)nc1)Nc1cccnc1SC1CCC(CC)B1O. The molecule has 7 nitrogen and oxygen atoms in total. The van der Waals surface area contributed by atoms with Crippen molar-refractivity contribution in [3.63, 3.8) is 0 Å². The predicted octanol–water partition coefficient (Wildman–Crippen LogP) is 6.35. The van der Waals surface area contributed by atoms with Crippen LogP contribution in [0.5, 0.6) is 0 Å². The summed E-state index contributed by atoms with van der Waals surface area (Å²) in [6.07, 6.45) is 15.7. The number of anilines is 1. The molecule has 2 N–H and O–H groups in total. The summed E-state index contributed by atoms with van der Waals surface area (Å²) in [5, 5.41) is 15.3. The fourth-order valence-corrected chi connectivity index (χ4v) is 6.74. The first-order chi connectivity index (χ1) is 20.1. The van der Waals surface area contributed by atoms with Crippen molar-refractivity contribution < 1.29 is 5.02 Å². The van der Waals surface area contributed by atoms with E-state index in [9.17, 15) is 5.02 Å². The minimum Gasteiger partial charge on any atom is -0.449 e. The minimum atomic E-state index is -0.278. The molecule has 5 rings (SSSR count). The Morgan fingerprint density at radius 2 is 1.88 bits per heavy atom. The molecule has 2 atom stereocenters. The van der Waals surface area contributed by atoms with E-state index in [4.69, 9.17) is 4.98 Å². The molecule has 0 saturated carbocycles. The van der Waals surface area contributed by atoms with E-state index in [2.05, 4.69) is 63.0 Å². The van der Waals surface area contributed by atoms with Crippen LogP contribution in [0.2, 0.25) is 5.82 Å². The van der Waals surface area contributed by atoms with Gasteiger partial charge in [-0.1, -0.05) is 44.6 Å². The molecular weight excluding hydrogens is 527 g/mol. The molecule has 0 spiro atoms. The highest BCUT2D eigenvalue weighted by atomic mass is 32.2. The van der Waals surface area contributed by atoms with E-state index in [1.807, 2.05) is 49.1 Å². The quantitative estimate of drug-likeness (QED) is 0.233. The normalized spacial score (nSPS) is 18.5. The highest BCUT2D eigenvalue weighted by Gasteiger charge is 2.39. The standard InChI is InChI=1S/C32H39BN6OS/c1-3-26-13-15-31(33(26)40)41-32-30(11-8-18-36-32)38-24(2)19-25-12-14-29(37-20-25)23-39(21-27-9-4-6-16-34-27)22-28-10-5-7-17-35-28/h4,6,8-12,14,16-18,20,26,31,38,40H,2-3,5,7,13,15,19,21-23H2,1H3. The van der Waals surface area contributed by atoms with E-state index < -0.39 is 0 Å². The average Bonchev–Trinajstić information content (AvgIpc) is 3.34. The highest BCUT2D eigenvalue weighted by Crippen LogP contribution is 2.41. The maximum absolute atomic E-state index is 10.7. The first kappa shape index (κ1) is 29.2. The average molecular weight is 567 g/mol. The summed E-state index contributed by atoms with van der Waals surface area (Å²) in [6, 6.07) is 14.2. The van der Waals surface area contributed by atoms with E-state index in [-0.39, 0.29) is 12.1 Å². The molecule has 0 aromatic carbocycles. The van der Waals surface area contributed by atoms with E-state index in [0.717, 1.165) is 84.3 Å². The van der Waals surface area contributed by atoms with Gasteiger partial charge >= 0.3 is 6.92 Å². The van der Waals surface area contributed by atoms with Crippen molar-refractivity contribution in [3.05, 3.63) is 102 Å². The zero-order valence-corrected chi connectivity index (χ0v) is 24.6. The van der Waals surface area contributed by atoms with Crippen LogP contribution in [0.15, 0.2) is 95.1 Å². The van der Waals surface area contributed by atoms with Crippen molar-refractivity contribution in [1.29, 1.82) is 0 Å². The molecule has 41 heavy (non-hydrogen) atoms. The topological polar surface area (TPSA) is 86.5 Å². The van der Waals surface area contributed by atoms with Gasteiger partial charge in [0.25, 0.3) is 0 Å². The number of thioether (sulfide) groups is 1. The predicted molar refractivity (Wildman–Crippen MR) is 170 cm³/mol. The molecule has 2 aliphatic rings. The molecule has 2 unspecified atom stereocenters. The lowest BCUT2D eigenvalue weighted by atomic mass is 9.57. The van der Waals surface area contributed by atoms with E-state index in [1.54, 1.807) is 11.8 Å². The monoisotopic (exact) mass is 566 g/mol. The van der Waals surface area contributed by atoms with Crippen LogP contribution in [0.4, 0.5) is 5.69 Å². The van der Waals surface area contributed by atoms with Gasteiger partial charge in [0.2, 0.25) is 0 Å². The summed E-state index contributed by atoms with van der Waals surface area (Å²) in [7, 11) is 0. The Morgan fingerprint density at radius 1 is 1.02 bits per heavy atom. The Bertz CT molecular complexity index is 1350. The molecule has 0 aliphatic carbocycles. The molecule has 9 heteroatoms. The summed E-state index contributed by atoms with van der Waals surface area (Å²) in [5.41, 5.74) is 6.06. The van der Waals surface area contributed by atoms with Crippen LogP contribution in [0.25, 0.3) is 0 Å². The molecule has 0 radical (unpaired) electrons. The molecule has 0 amide bonds. The largest absolute Gasteiger partial charge is 0.449 e. The van der Waals surface area contributed by atoms with Gasteiger partial charge in [-0.25, -0.2) is 4.98 Å². The van der Waals surface area contributed by atoms with E-state index in [0.29, 0.717) is 18.8 Å². The fraction of sp³-hybridized carbons (Fsp3) is 0.375. The lowest BCUT2D eigenvalue weighted by Gasteiger charge is -2.22. The van der Waals surface area contributed by atoms with Gasteiger partial charge in [0.05, 0.1) is 22.8 Å². The number of hydrogen-bond acceptors (Lipinski definition) is 8. The number of aromatic nitrogens is 3. The Morgan fingerprint density at radius 3 is 2.59 bits per heavy atom. The second-order valence-electron chi connectivity index (χ2n) is 10.9. The first-order valence-electron chi connectivity index (χ1n) is 14.6. The van der Waals surface area contributed by atoms with Gasteiger partial charge in [0.1, 0.15) is 5.03 Å². The van der Waals surface area contributed by atoms with Crippen LogP contribution in [0.3, 0.4) is 0 Å². The maximum Gasteiger partial charge on any atom is 0.305 e. The summed E-state index contributed by atoms with van der Waals surface area (Å²) in [4.78, 5) is 20.9. The summed E-state index contributed by atoms with van der Waals surface area (Å²) >= 11 is 1.67. The number of nitrogens with zero attached hydrogens (tertiary/aromatic N) is 5.